The highest BCUT2D eigenvalue weighted by Gasteiger charge is 2.17. The highest BCUT2D eigenvalue weighted by Crippen LogP contribution is 2.13. The van der Waals surface area contributed by atoms with E-state index in [9.17, 15) is 9.59 Å². The molecule has 1 rings (SSSR count). The first kappa shape index (κ1) is 12.3. The Morgan fingerprint density at radius 1 is 1.50 bits per heavy atom. The van der Waals surface area contributed by atoms with Crippen molar-refractivity contribution in [1.29, 1.82) is 0 Å². The van der Waals surface area contributed by atoms with Crippen LogP contribution in [0.25, 0.3) is 0 Å². The Hall–Kier alpha value is -1.82. The molecule has 1 aliphatic rings. The first-order valence-corrected chi connectivity index (χ1v) is 4.70. The summed E-state index contributed by atoms with van der Waals surface area (Å²) in [5.74, 6) is -1.04. The first-order valence-electron chi connectivity index (χ1n) is 4.70. The van der Waals surface area contributed by atoms with E-state index in [-0.39, 0.29) is 12.2 Å². The maximum atomic E-state index is 11.4. The molecule has 0 bridgehead atoms. The fourth-order valence-corrected chi connectivity index (χ4v) is 1.10. The molecule has 88 valence electrons. The topological polar surface area (TPSA) is 76.1 Å². The molecule has 6 nitrogen and oxygen atoms in total. The van der Waals surface area contributed by atoms with Crippen LogP contribution in [0.3, 0.4) is 0 Å². The highest BCUT2D eigenvalue weighted by molar-refractivity contribution is 5.88. The number of carboxylic acid groups (broad SMARTS) is 1. The number of aliphatic carboxylic acids is 1. The summed E-state index contributed by atoms with van der Waals surface area (Å²) >= 11 is 0. The molecule has 16 heavy (non-hydrogen) atoms. The van der Waals surface area contributed by atoms with Gasteiger partial charge in [0.05, 0.1) is 12.2 Å². The SMILES string of the molecule is COCCOC(=O)N1C=CCC(C(=O)O)=C1. The van der Waals surface area contributed by atoms with Crippen LogP contribution in [-0.2, 0) is 14.3 Å². The molecule has 1 N–H and O–H groups in total. The summed E-state index contributed by atoms with van der Waals surface area (Å²) in [5.41, 5.74) is 0.145. The van der Waals surface area contributed by atoms with Crippen LogP contribution in [0.1, 0.15) is 6.42 Å². The van der Waals surface area contributed by atoms with E-state index in [2.05, 4.69) is 0 Å². The van der Waals surface area contributed by atoms with Crippen LogP contribution in [0.2, 0.25) is 0 Å². The van der Waals surface area contributed by atoms with Crippen molar-refractivity contribution < 1.29 is 24.2 Å². The normalized spacial score (nSPS) is 14.6. The molecule has 0 atom stereocenters. The van der Waals surface area contributed by atoms with Crippen LogP contribution in [0.15, 0.2) is 24.0 Å². The molecule has 0 radical (unpaired) electrons. The summed E-state index contributed by atoms with van der Waals surface area (Å²) in [6, 6.07) is 0. The van der Waals surface area contributed by atoms with Gasteiger partial charge in [0, 0.05) is 25.9 Å². The maximum absolute atomic E-state index is 11.4. The van der Waals surface area contributed by atoms with Crippen molar-refractivity contribution in [2.24, 2.45) is 0 Å². The zero-order valence-corrected chi connectivity index (χ0v) is 8.88. The Labute approximate surface area is 92.7 Å². The lowest BCUT2D eigenvalue weighted by molar-refractivity contribution is -0.132. The lowest BCUT2D eigenvalue weighted by Gasteiger charge is -2.17. The monoisotopic (exact) mass is 227 g/mol. The minimum absolute atomic E-state index is 0.135. The number of carbonyl (C=O) groups excluding carboxylic acids is 1. The number of hydrogen-bond donors (Lipinski definition) is 1. The van der Waals surface area contributed by atoms with E-state index in [4.69, 9.17) is 14.6 Å². The summed E-state index contributed by atoms with van der Waals surface area (Å²) in [7, 11) is 1.50. The number of amides is 1. The van der Waals surface area contributed by atoms with Crippen molar-refractivity contribution in [3.05, 3.63) is 24.0 Å². The molecule has 1 heterocycles. The molecule has 0 saturated carbocycles. The second-order valence-electron chi connectivity index (χ2n) is 3.06. The summed E-state index contributed by atoms with van der Waals surface area (Å²) < 4.78 is 9.54. The minimum atomic E-state index is -1.04. The Morgan fingerprint density at radius 2 is 2.25 bits per heavy atom. The fourth-order valence-electron chi connectivity index (χ4n) is 1.10. The summed E-state index contributed by atoms with van der Waals surface area (Å²) in [5, 5.41) is 8.75. The minimum Gasteiger partial charge on any atom is -0.478 e. The fraction of sp³-hybridized carbons (Fsp3) is 0.400. The van der Waals surface area contributed by atoms with Crippen molar-refractivity contribution in [3.63, 3.8) is 0 Å². The van der Waals surface area contributed by atoms with Crippen LogP contribution in [0.4, 0.5) is 4.79 Å². The number of allylic oxidation sites excluding steroid dienone is 1. The largest absolute Gasteiger partial charge is 0.478 e. The van der Waals surface area contributed by atoms with Gasteiger partial charge >= 0.3 is 12.1 Å². The molecule has 6 heteroatoms. The van der Waals surface area contributed by atoms with Gasteiger partial charge in [-0.15, -0.1) is 0 Å². The summed E-state index contributed by atoms with van der Waals surface area (Å²) in [4.78, 5) is 23.2. The lowest BCUT2D eigenvalue weighted by Crippen LogP contribution is -2.25. The van der Waals surface area contributed by atoms with E-state index in [0.717, 1.165) is 4.90 Å². The van der Waals surface area contributed by atoms with Crippen LogP contribution in [0, 0.1) is 0 Å². The van der Waals surface area contributed by atoms with Gasteiger partial charge in [-0.3, -0.25) is 4.90 Å². The van der Waals surface area contributed by atoms with Crippen molar-refractivity contribution in [1.82, 2.24) is 4.90 Å². The van der Waals surface area contributed by atoms with Crippen molar-refractivity contribution in [2.45, 2.75) is 6.42 Å². The van der Waals surface area contributed by atoms with E-state index < -0.39 is 12.1 Å². The second kappa shape index (κ2) is 5.92. The van der Waals surface area contributed by atoms with Crippen LogP contribution in [0.5, 0.6) is 0 Å². The average molecular weight is 227 g/mol. The number of rotatable bonds is 4. The smallest absolute Gasteiger partial charge is 0.418 e. The first-order chi connectivity index (χ1) is 7.65. The number of methoxy groups -OCH3 is 1. The van der Waals surface area contributed by atoms with Gasteiger partial charge < -0.3 is 14.6 Å². The van der Waals surface area contributed by atoms with Crippen LogP contribution < -0.4 is 0 Å². The van der Waals surface area contributed by atoms with Gasteiger partial charge in [-0.1, -0.05) is 6.08 Å². The summed E-state index contributed by atoms with van der Waals surface area (Å²) in [6.07, 6.45) is 3.99. The average Bonchev–Trinajstić information content (AvgIpc) is 2.29. The zero-order chi connectivity index (χ0) is 12.0. The third kappa shape index (κ3) is 3.39. The number of carbonyl (C=O) groups is 2. The molecule has 0 fully saturated rings. The second-order valence-corrected chi connectivity index (χ2v) is 3.06. The molecule has 1 aliphatic heterocycles. The van der Waals surface area contributed by atoms with Gasteiger partial charge in [-0.05, 0) is 0 Å². The Kier molecular flexibility index (Phi) is 4.53. The molecule has 0 unspecified atom stereocenters. The summed E-state index contributed by atoms with van der Waals surface area (Å²) in [6.45, 7) is 0.439. The van der Waals surface area contributed by atoms with Gasteiger partial charge in [-0.25, -0.2) is 9.59 Å². The third-order valence-electron chi connectivity index (χ3n) is 1.90. The maximum Gasteiger partial charge on any atom is 0.418 e. The number of carboxylic acids is 1. The predicted molar refractivity (Wildman–Crippen MR) is 54.5 cm³/mol. The Balaban J connectivity index is 2.52. The van der Waals surface area contributed by atoms with Gasteiger partial charge in [0.1, 0.15) is 6.61 Å². The number of nitrogens with zero attached hydrogens (tertiary/aromatic N) is 1. The molecule has 0 aromatic carbocycles. The van der Waals surface area contributed by atoms with E-state index in [1.54, 1.807) is 6.08 Å². The Morgan fingerprint density at radius 3 is 2.88 bits per heavy atom. The number of ether oxygens (including phenoxy) is 2. The third-order valence-corrected chi connectivity index (χ3v) is 1.90. The van der Waals surface area contributed by atoms with Gasteiger partial charge in [0.15, 0.2) is 0 Å². The van der Waals surface area contributed by atoms with E-state index >= 15 is 0 Å². The molecule has 0 aromatic rings. The molecule has 0 aliphatic carbocycles. The zero-order valence-electron chi connectivity index (χ0n) is 8.88. The van der Waals surface area contributed by atoms with E-state index in [1.807, 2.05) is 0 Å². The van der Waals surface area contributed by atoms with Gasteiger partial charge in [0.25, 0.3) is 0 Å². The molecular weight excluding hydrogens is 214 g/mol. The quantitative estimate of drug-likeness (QED) is 0.724. The predicted octanol–water partition coefficient (Wildman–Crippen LogP) is 0.957. The van der Waals surface area contributed by atoms with Gasteiger partial charge in [-0.2, -0.15) is 0 Å². The van der Waals surface area contributed by atoms with Crippen molar-refractivity contribution in [2.75, 3.05) is 20.3 Å². The van der Waals surface area contributed by atoms with Crippen molar-refractivity contribution in [3.8, 4) is 0 Å². The molecule has 0 spiro atoms. The number of hydrogen-bond acceptors (Lipinski definition) is 4. The van der Waals surface area contributed by atoms with Crippen LogP contribution in [-0.4, -0.2) is 42.4 Å². The standard InChI is InChI=1S/C10H13NO5/c1-15-5-6-16-10(14)11-4-2-3-8(7-11)9(12)13/h2,4,7H,3,5-6H2,1H3,(H,12,13). The Bertz CT molecular complexity index is 334. The lowest BCUT2D eigenvalue weighted by atomic mass is 10.1. The highest BCUT2D eigenvalue weighted by atomic mass is 16.6. The molecular formula is C10H13NO5. The van der Waals surface area contributed by atoms with E-state index in [1.165, 1.54) is 19.5 Å². The van der Waals surface area contributed by atoms with Crippen molar-refractivity contribution >= 4 is 12.1 Å². The molecule has 0 saturated heterocycles. The van der Waals surface area contributed by atoms with E-state index in [0.29, 0.717) is 13.0 Å². The van der Waals surface area contributed by atoms with Gasteiger partial charge in [0.2, 0.25) is 0 Å². The molecule has 1 amide bonds. The van der Waals surface area contributed by atoms with Crippen LogP contribution >= 0.6 is 0 Å². The molecule has 0 aromatic heterocycles.